The van der Waals surface area contributed by atoms with Crippen LogP contribution in [0, 0.1) is 0 Å². The van der Waals surface area contributed by atoms with Gasteiger partial charge in [0.2, 0.25) is 5.88 Å². The molecule has 3 amide bonds. The van der Waals surface area contributed by atoms with Crippen molar-refractivity contribution in [3.8, 4) is 11.6 Å². The van der Waals surface area contributed by atoms with Gasteiger partial charge in [0, 0.05) is 19.3 Å². The fraction of sp³-hybridized carbons (Fsp3) is 0.176. The third-order valence-corrected chi connectivity index (χ3v) is 3.43. The first-order valence-corrected chi connectivity index (χ1v) is 7.58. The second-order valence-corrected chi connectivity index (χ2v) is 5.12. The summed E-state index contributed by atoms with van der Waals surface area (Å²) in [6.45, 7) is 0.104. The predicted molar refractivity (Wildman–Crippen MR) is 86.1 cm³/mol. The number of nitrogens with zero attached hydrogens (tertiary/aromatic N) is 2. The van der Waals surface area contributed by atoms with Crippen molar-refractivity contribution in [2.45, 2.75) is 0 Å². The molecule has 0 spiro atoms. The van der Waals surface area contributed by atoms with Crippen LogP contribution in [-0.4, -0.2) is 47.5 Å². The van der Waals surface area contributed by atoms with Crippen molar-refractivity contribution in [3.63, 3.8) is 0 Å². The van der Waals surface area contributed by atoms with Gasteiger partial charge in [0.05, 0.1) is 0 Å². The number of pyridine rings is 1. The largest absolute Gasteiger partial charge is 0.452 e. The summed E-state index contributed by atoms with van der Waals surface area (Å²) in [5.74, 6) is -0.755. The van der Waals surface area contributed by atoms with Gasteiger partial charge in [-0.1, -0.05) is 18.2 Å². The Balaban J connectivity index is 1.66. The number of imide groups is 1. The van der Waals surface area contributed by atoms with Crippen molar-refractivity contribution in [2.24, 2.45) is 0 Å². The maximum absolute atomic E-state index is 12.2. The number of carbonyl (C=O) groups is 3. The second-order valence-electron chi connectivity index (χ2n) is 5.12. The molecule has 0 atom stereocenters. The van der Waals surface area contributed by atoms with E-state index in [0.29, 0.717) is 12.3 Å². The Kier molecular flexibility index (Phi) is 4.89. The van der Waals surface area contributed by atoms with Gasteiger partial charge >= 0.3 is 12.0 Å². The Morgan fingerprint density at radius 1 is 1.16 bits per heavy atom. The van der Waals surface area contributed by atoms with Crippen LogP contribution in [0.3, 0.4) is 0 Å². The average molecular weight is 341 g/mol. The van der Waals surface area contributed by atoms with Gasteiger partial charge in [0.1, 0.15) is 11.3 Å². The van der Waals surface area contributed by atoms with Gasteiger partial charge in [-0.2, -0.15) is 0 Å². The Morgan fingerprint density at radius 2 is 1.96 bits per heavy atom. The van der Waals surface area contributed by atoms with E-state index in [9.17, 15) is 14.4 Å². The van der Waals surface area contributed by atoms with E-state index >= 15 is 0 Å². The lowest BCUT2D eigenvalue weighted by Crippen LogP contribution is -2.37. The fourth-order valence-corrected chi connectivity index (χ4v) is 2.22. The third kappa shape index (κ3) is 3.92. The summed E-state index contributed by atoms with van der Waals surface area (Å²) in [5, 5.41) is 2.50. The van der Waals surface area contributed by atoms with Crippen molar-refractivity contribution >= 4 is 17.9 Å². The highest BCUT2D eigenvalue weighted by Gasteiger charge is 2.27. The minimum Gasteiger partial charge on any atom is -0.452 e. The number of para-hydroxylation sites is 1. The van der Waals surface area contributed by atoms with Crippen LogP contribution in [0.15, 0.2) is 48.7 Å². The van der Waals surface area contributed by atoms with Gasteiger partial charge in [0.15, 0.2) is 6.61 Å². The van der Waals surface area contributed by atoms with E-state index in [1.165, 1.54) is 12.3 Å². The number of esters is 1. The standard InChI is InChI=1S/C17H15N3O5/c21-14(20-10-9-19-17(20)23)11-24-16(22)13-7-4-8-18-15(13)25-12-5-2-1-3-6-12/h1-8H,9-11H2,(H,19,23). The smallest absolute Gasteiger partial charge is 0.344 e. The molecule has 0 radical (unpaired) electrons. The molecule has 0 bridgehead atoms. The number of benzene rings is 1. The Bertz CT molecular complexity index is 794. The number of aromatic nitrogens is 1. The van der Waals surface area contributed by atoms with E-state index in [0.717, 1.165) is 4.90 Å². The summed E-state index contributed by atoms with van der Waals surface area (Å²) in [4.78, 5) is 40.6. The monoisotopic (exact) mass is 341 g/mol. The van der Waals surface area contributed by atoms with Gasteiger partial charge in [-0.05, 0) is 24.3 Å². The molecule has 8 nitrogen and oxygen atoms in total. The highest BCUT2D eigenvalue weighted by molar-refractivity contribution is 5.98. The highest BCUT2D eigenvalue weighted by atomic mass is 16.5. The SMILES string of the molecule is O=C(OCC(=O)N1CCNC1=O)c1cccnc1Oc1ccccc1. The molecule has 1 aliphatic heterocycles. The maximum Gasteiger partial charge on any atom is 0.344 e. The molecule has 1 saturated heterocycles. The number of hydrogen-bond donors (Lipinski definition) is 1. The first-order chi connectivity index (χ1) is 12.1. The fourth-order valence-electron chi connectivity index (χ4n) is 2.22. The summed E-state index contributed by atoms with van der Waals surface area (Å²) in [5.41, 5.74) is 0.0880. The number of ether oxygens (including phenoxy) is 2. The van der Waals surface area contributed by atoms with Crippen molar-refractivity contribution in [3.05, 3.63) is 54.2 Å². The molecule has 1 fully saturated rings. The van der Waals surface area contributed by atoms with Crippen molar-refractivity contribution in [1.82, 2.24) is 15.2 Å². The van der Waals surface area contributed by atoms with Gasteiger partial charge in [-0.3, -0.25) is 9.69 Å². The molecular formula is C17H15N3O5. The quantitative estimate of drug-likeness (QED) is 0.829. The molecule has 1 aromatic carbocycles. The average Bonchev–Trinajstić information content (AvgIpc) is 3.07. The van der Waals surface area contributed by atoms with Gasteiger partial charge in [-0.15, -0.1) is 0 Å². The van der Waals surface area contributed by atoms with Crippen molar-refractivity contribution in [2.75, 3.05) is 19.7 Å². The minimum atomic E-state index is -0.757. The molecule has 1 aliphatic rings. The number of urea groups is 1. The topological polar surface area (TPSA) is 97.8 Å². The van der Waals surface area contributed by atoms with E-state index < -0.39 is 24.5 Å². The van der Waals surface area contributed by atoms with E-state index in [1.807, 2.05) is 6.07 Å². The van der Waals surface area contributed by atoms with E-state index in [4.69, 9.17) is 9.47 Å². The van der Waals surface area contributed by atoms with Crippen molar-refractivity contribution < 1.29 is 23.9 Å². The summed E-state index contributed by atoms with van der Waals surface area (Å²) in [7, 11) is 0. The molecule has 0 aliphatic carbocycles. The lowest BCUT2D eigenvalue weighted by atomic mass is 10.2. The molecule has 2 heterocycles. The molecule has 128 valence electrons. The van der Waals surface area contributed by atoms with Crippen LogP contribution in [0.4, 0.5) is 4.79 Å². The summed E-state index contributed by atoms with van der Waals surface area (Å²) < 4.78 is 10.6. The van der Waals surface area contributed by atoms with Crippen LogP contribution in [0.5, 0.6) is 11.6 Å². The molecule has 2 aromatic rings. The van der Waals surface area contributed by atoms with Crippen LogP contribution >= 0.6 is 0 Å². The molecule has 25 heavy (non-hydrogen) atoms. The summed E-state index contributed by atoms with van der Waals surface area (Å²) >= 11 is 0. The number of carbonyl (C=O) groups excluding carboxylic acids is 3. The van der Waals surface area contributed by atoms with Crippen LogP contribution in [0.1, 0.15) is 10.4 Å². The Labute approximate surface area is 143 Å². The Hall–Kier alpha value is -3.42. The van der Waals surface area contributed by atoms with E-state index in [-0.39, 0.29) is 18.0 Å². The van der Waals surface area contributed by atoms with E-state index in [1.54, 1.807) is 30.3 Å². The molecule has 0 saturated carbocycles. The lowest BCUT2D eigenvalue weighted by Gasteiger charge is -2.13. The van der Waals surface area contributed by atoms with Crippen LogP contribution in [-0.2, 0) is 9.53 Å². The third-order valence-electron chi connectivity index (χ3n) is 3.43. The maximum atomic E-state index is 12.2. The minimum absolute atomic E-state index is 0.0741. The zero-order valence-corrected chi connectivity index (χ0v) is 13.2. The Morgan fingerprint density at radius 3 is 2.68 bits per heavy atom. The van der Waals surface area contributed by atoms with Gasteiger partial charge in [0.25, 0.3) is 5.91 Å². The number of rotatable bonds is 5. The molecule has 8 heteroatoms. The summed E-state index contributed by atoms with van der Waals surface area (Å²) in [6, 6.07) is 11.4. The van der Waals surface area contributed by atoms with Crippen molar-refractivity contribution in [1.29, 1.82) is 0 Å². The van der Waals surface area contributed by atoms with Crippen LogP contribution in [0.2, 0.25) is 0 Å². The van der Waals surface area contributed by atoms with Gasteiger partial charge < -0.3 is 14.8 Å². The van der Waals surface area contributed by atoms with Crippen LogP contribution in [0.25, 0.3) is 0 Å². The lowest BCUT2D eigenvalue weighted by molar-refractivity contribution is -0.130. The molecular weight excluding hydrogens is 326 g/mol. The molecule has 0 unspecified atom stereocenters. The zero-order chi connectivity index (χ0) is 17.6. The number of amides is 3. The first kappa shape index (κ1) is 16.4. The number of nitrogens with one attached hydrogen (secondary N) is 1. The molecule has 1 N–H and O–H groups in total. The number of hydrogen-bond acceptors (Lipinski definition) is 6. The zero-order valence-electron chi connectivity index (χ0n) is 13.2. The first-order valence-electron chi connectivity index (χ1n) is 7.58. The van der Waals surface area contributed by atoms with E-state index in [2.05, 4.69) is 10.3 Å². The van der Waals surface area contributed by atoms with Gasteiger partial charge in [-0.25, -0.2) is 14.6 Å². The highest BCUT2D eigenvalue weighted by Crippen LogP contribution is 2.23. The second kappa shape index (κ2) is 7.43. The summed E-state index contributed by atoms with van der Waals surface area (Å²) in [6.07, 6.45) is 1.48. The van der Waals surface area contributed by atoms with Crippen LogP contribution < -0.4 is 10.1 Å². The predicted octanol–water partition coefficient (Wildman–Crippen LogP) is 1.58. The molecule has 1 aromatic heterocycles. The molecule has 3 rings (SSSR count). The normalized spacial score (nSPS) is 13.3.